The molecule has 0 saturated heterocycles. The Morgan fingerprint density at radius 3 is 2.95 bits per heavy atom. The van der Waals surface area contributed by atoms with Crippen molar-refractivity contribution >= 4 is 28.5 Å². The van der Waals surface area contributed by atoms with Crippen LogP contribution in [-0.4, -0.2) is 46.2 Å². The zero-order chi connectivity index (χ0) is 15.7. The van der Waals surface area contributed by atoms with E-state index in [1.165, 1.54) is 4.88 Å². The second-order valence-electron chi connectivity index (χ2n) is 5.55. The van der Waals surface area contributed by atoms with E-state index in [4.69, 9.17) is 0 Å². The number of nitrogens with zero attached hydrogens (tertiary/aromatic N) is 5. The molecule has 6 nitrogen and oxygen atoms in total. The summed E-state index contributed by atoms with van der Waals surface area (Å²) in [7, 11) is 5.84. The summed E-state index contributed by atoms with van der Waals surface area (Å²) in [5.74, 6) is 0.0364. The van der Waals surface area contributed by atoms with Crippen molar-refractivity contribution in [1.82, 2.24) is 19.7 Å². The molecule has 3 rings (SSSR count). The van der Waals surface area contributed by atoms with E-state index in [-0.39, 0.29) is 5.91 Å². The van der Waals surface area contributed by atoms with Gasteiger partial charge in [0.2, 0.25) is 5.91 Å². The van der Waals surface area contributed by atoms with Crippen LogP contribution in [0.2, 0.25) is 0 Å². The third-order valence-corrected chi connectivity index (χ3v) is 4.81. The maximum absolute atomic E-state index is 12.3. The molecule has 0 fully saturated rings. The zero-order valence-corrected chi connectivity index (χ0v) is 13.8. The SMILES string of the molecule is CN(C)c1nc2c(s1)CN(C(=O)C=Cc1cnn(C)c1)CC2. The number of thiazole rings is 1. The Bertz CT molecular complexity index is 715. The van der Waals surface area contributed by atoms with E-state index >= 15 is 0 Å². The third-order valence-electron chi connectivity index (χ3n) is 3.56. The number of fused-ring (bicyclic) bond motifs is 1. The molecule has 0 atom stereocenters. The second-order valence-corrected chi connectivity index (χ2v) is 6.61. The van der Waals surface area contributed by atoms with Gasteiger partial charge >= 0.3 is 0 Å². The molecular formula is C15H19N5OS. The van der Waals surface area contributed by atoms with Crippen molar-refractivity contribution in [2.75, 3.05) is 25.5 Å². The maximum Gasteiger partial charge on any atom is 0.246 e. The molecular weight excluding hydrogens is 298 g/mol. The fourth-order valence-electron chi connectivity index (χ4n) is 2.36. The molecule has 0 bridgehead atoms. The summed E-state index contributed by atoms with van der Waals surface area (Å²) < 4.78 is 1.72. The van der Waals surface area contributed by atoms with Crippen molar-refractivity contribution in [2.24, 2.45) is 7.05 Å². The first kappa shape index (κ1) is 14.8. The Morgan fingerprint density at radius 2 is 2.27 bits per heavy atom. The fourth-order valence-corrected chi connectivity index (χ4v) is 3.41. The van der Waals surface area contributed by atoms with Crippen molar-refractivity contribution in [3.05, 3.63) is 34.6 Å². The minimum Gasteiger partial charge on any atom is -0.354 e. The average molecular weight is 317 g/mol. The van der Waals surface area contributed by atoms with Gasteiger partial charge in [0, 0.05) is 56.8 Å². The topological polar surface area (TPSA) is 54.3 Å². The molecule has 0 saturated carbocycles. The smallest absolute Gasteiger partial charge is 0.246 e. The van der Waals surface area contributed by atoms with Gasteiger partial charge in [-0.25, -0.2) is 4.98 Å². The van der Waals surface area contributed by atoms with E-state index in [1.807, 2.05) is 43.2 Å². The Kier molecular flexibility index (Phi) is 3.98. The lowest BCUT2D eigenvalue weighted by molar-refractivity contribution is -0.126. The van der Waals surface area contributed by atoms with Gasteiger partial charge in [0.1, 0.15) is 0 Å². The fraction of sp³-hybridized carbons (Fsp3) is 0.400. The Labute approximate surface area is 133 Å². The summed E-state index contributed by atoms with van der Waals surface area (Å²) in [6.45, 7) is 1.37. The van der Waals surface area contributed by atoms with Crippen LogP contribution in [0.5, 0.6) is 0 Å². The molecule has 1 aliphatic rings. The molecule has 116 valence electrons. The number of aryl methyl sites for hydroxylation is 1. The van der Waals surface area contributed by atoms with Gasteiger partial charge in [-0.3, -0.25) is 9.48 Å². The van der Waals surface area contributed by atoms with Crippen LogP contribution in [0.25, 0.3) is 6.08 Å². The van der Waals surface area contributed by atoms with E-state index in [1.54, 1.807) is 28.3 Å². The highest BCUT2D eigenvalue weighted by atomic mass is 32.1. The highest BCUT2D eigenvalue weighted by molar-refractivity contribution is 7.15. The lowest BCUT2D eigenvalue weighted by atomic mass is 10.1. The van der Waals surface area contributed by atoms with E-state index < -0.39 is 0 Å². The average Bonchev–Trinajstić information content (AvgIpc) is 3.09. The molecule has 0 spiro atoms. The normalized spacial score (nSPS) is 14.4. The van der Waals surface area contributed by atoms with Crippen LogP contribution in [0.15, 0.2) is 18.5 Å². The van der Waals surface area contributed by atoms with Crippen molar-refractivity contribution in [3.8, 4) is 0 Å². The molecule has 2 aromatic rings. The molecule has 3 heterocycles. The van der Waals surface area contributed by atoms with Gasteiger partial charge in [-0.15, -0.1) is 0 Å². The van der Waals surface area contributed by atoms with Gasteiger partial charge in [0.25, 0.3) is 0 Å². The maximum atomic E-state index is 12.3. The molecule has 0 unspecified atom stereocenters. The predicted octanol–water partition coefficient (Wildman–Crippen LogP) is 1.54. The first-order valence-electron chi connectivity index (χ1n) is 7.14. The van der Waals surface area contributed by atoms with E-state index in [2.05, 4.69) is 10.1 Å². The third kappa shape index (κ3) is 3.04. The monoisotopic (exact) mass is 317 g/mol. The van der Waals surface area contributed by atoms with Crippen LogP contribution in [0.4, 0.5) is 5.13 Å². The van der Waals surface area contributed by atoms with Crippen LogP contribution in [0, 0.1) is 0 Å². The first-order chi connectivity index (χ1) is 10.5. The van der Waals surface area contributed by atoms with Crippen LogP contribution >= 0.6 is 11.3 Å². The minimum absolute atomic E-state index is 0.0364. The van der Waals surface area contributed by atoms with Crippen molar-refractivity contribution in [3.63, 3.8) is 0 Å². The zero-order valence-electron chi connectivity index (χ0n) is 13.0. The number of anilines is 1. The van der Waals surface area contributed by atoms with Crippen LogP contribution in [-0.2, 0) is 24.8 Å². The summed E-state index contributed by atoms with van der Waals surface area (Å²) in [4.78, 5) is 22.0. The van der Waals surface area contributed by atoms with Crippen LogP contribution < -0.4 is 4.90 Å². The van der Waals surface area contributed by atoms with Crippen molar-refractivity contribution < 1.29 is 4.79 Å². The standard InChI is InChI=1S/C15H19N5OS/c1-18(2)15-17-12-6-7-20(10-13(12)22-15)14(21)5-4-11-8-16-19(3)9-11/h4-5,8-9H,6-7,10H2,1-3H3. The molecule has 2 aromatic heterocycles. The van der Waals surface area contributed by atoms with Gasteiger partial charge in [0.15, 0.2) is 5.13 Å². The first-order valence-corrected chi connectivity index (χ1v) is 7.96. The Morgan fingerprint density at radius 1 is 1.45 bits per heavy atom. The van der Waals surface area contributed by atoms with Gasteiger partial charge in [0.05, 0.1) is 18.4 Å². The van der Waals surface area contributed by atoms with Gasteiger partial charge < -0.3 is 9.80 Å². The van der Waals surface area contributed by atoms with E-state index in [0.717, 1.165) is 29.4 Å². The highest BCUT2D eigenvalue weighted by Crippen LogP contribution is 2.29. The summed E-state index contributed by atoms with van der Waals surface area (Å²) >= 11 is 1.67. The molecule has 7 heteroatoms. The molecule has 1 aliphatic heterocycles. The highest BCUT2D eigenvalue weighted by Gasteiger charge is 2.23. The summed E-state index contributed by atoms with van der Waals surface area (Å²) in [5, 5.41) is 5.09. The van der Waals surface area contributed by atoms with E-state index in [9.17, 15) is 4.79 Å². The van der Waals surface area contributed by atoms with Crippen LogP contribution in [0.3, 0.4) is 0 Å². The van der Waals surface area contributed by atoms with Crippen molar-refractivity contribution in [1.29, 1.82) is 0 Å². The summed E-state index contributed by atoms with van der Waals surface area (Å²) in [5.41, 5.74) is 2.07. The largest absolute Gasteiger partial charge is 0.354 e. The molecule has 1 amide bonds. The Balaban J connectivity index is 1.68. The van der Waals surface area contributed by atoms with Crippen molar-refractivity contribution in [2.45, 2.75) is 13.0 Å². The number of amides is 1. The number of hydrogen-bond acceptors (Lipinski definition) is 5. The van der Waals surface area contributed by atoms with Crippen LogP contribution in [0.1, 0.15) is 16.1 Å². The minimum atomic E-state index is 0.0364. The molecule has 0 N–H and O–H groups in total. The molecule has 0 aliphatic carbocycles. The van der Waals surface area contributed by atoms with Gasteiger partial charge in [-0.1, -0.05) is 11.3 Å². The number of carbonyl (C=O) groups excluding carboxylic acids is 1. The lowest BCUT2D eigenvalue weighted by Gasteiger charge is -2.24. The quantitative estimate of drug-likeness (QED) is 0.806. The van der Waals surface area contributed by atoms with E-state index in [0.29, 0.717) is 6.54 Å². The van der Waals surface area contributed by atoms with Gasteiger partial charge in [-0.05, 0) is 6.08 Å². The molecule has 0 aromatic carbocycles. The summed E-state index contributed by atoms with van der Waals surface area (Å²) in [6.07, 6.45) is 7.88. The predicted molar refractivity (Wildman–Crippen MR) is 87.8 cm³/mol. The number of carbonyl (C=O) groups is 1. The number of rotatable bonds is 3. The van der Waals surface area contributed by atoms with Gasteiger partial charge in [-0.2, -0.15) is 5.10 Å². The Hall–Kier alpha value is -2.15. The second kappa shape index (κ2) is 5.92. The molecule has 22 heavy (non-hydrogen) atoms. The number of hydrogen-bond donors (Lipinski definition) is 0. The number of aromatic nitrogens is 3. The molecule has 0 radical (unpaired) electrons. The summed E-state index contributed by atoms with van der Waals surface area (Å²) in [6, 6.07) is 0. The lowest BCUT2D eigenvalue weighted by Crippen LogP contribution is -2.34.